The van der Waals surface area contributed by atoms with Crippen molar-refractivity contribution in [1.29, 1.82) is 0 Å². The molecule has 1 heterocycles. The third-order valence-electron chi connectivity index (χ3n) is 1.97. The largest absolute Gasteiger partial charge is 0.378 e. The Balaban J connectivity index is 1.86. The molecule has 3 nitrogen and oxygen atoms in total. The van der Waals surface area contributed by atoms with Crippen LogP contribution < -0.4 is 5.48 Å². The first-order valence-corrected chi connectivity index (χ1v) is 4.31. The van der Waals surface area contributed by atoms with Crippen LogP contribution >= 0.6 is 0 Å². The molecule has 3 heteroatoms. The molecule has 0 saturated carbocycles. The number of hydrogen-bond acceptors (Lipinski definition) is 3. The lowest BCUT2D eigenvalue weighted by Crippen LogP contribution is -2.15. The van der Waals surface area contributed by atoms with E-state index in [1.807, 2.05) is 0 Å². The number of rotatable bonds is 5. The lowest BCUT2D eigenvalue weighted by molar-refractivity contribution is 0.0764. The van der Waals surface area contributed by atoms with E-state index in [1.165, 1.54) is 12.8 Å². The summed E-state index contributed by atoms with van der Waals surface area (Å²) in [6.07, 6.45) is 5.30. The molecule has 0 aliphatic carbocycles. The SMILES string of the molecule is CONCCCC1CCCO1. The predicted octanol–water partition coefficient (Wildman–Crippen LogP) is 1.10. The summed E-state index contributed by atoms with van der Waals surface area (Å²) in [5.41, 5.74) is 2.82. The van der Waals surface area contributed by atoms with Crippen molar-refractivity contribution in [1.82, 2.24) is 5.48 Å². The fourth-order valence-electron chi connectivity index (χ4n) is 1.38. The number of nitrogens with one attached hydrogen (secondary N) is 1. The zero-order valence-corrected chi connectivity index (χ0v) is 7.14. The van der Waals surface area contributed by atoms with Gasteiger partial charge in [-0.25, -0.2) is 5.48 Å². The van der Waals surface area contributed by atoms with Gasteiger partial charge in [0.05, 0.1) is 13.2 Å². The molecule has 1 aliphatic rings. The summed E-state index contributed by atoms with van der Waals surface area (Å²) in [5.74, 6) is 0. The van der Waals surface area contributed by atoms with Gasteiger partial charge in [-0.2, -0.15) is 0 Å². The molecule has 1 saturated heterocycles. The van der Waals surface area contributed by atoms with Crippen molar-refractivity contribution in [2.75, 3.05) is 20.3 Å². The summed E-state index contributed by atoms with van der Waals surface area (Å²) < 4.78 is 5.46. The minimum Gasteiger partial charge on any atom is -0.378 e. The lowest BCUT2D eigenvalue weighted by Gasteiger charge is -2.08. The second kappa shape index (κ2) is 5.52. The van der Waals surface area contributed by atoms with Gasteiger partial charge in [0.25, 0.3) is 0 Å². The summed E-state index contributed by atoms with van der Waals surface area (Å²) >= 11 is 0. The Hall–Kier alpha value is -0.120. The van der Waals surface area contributed by atoms with E-state index in [0.717, 1.165) is 26.0 Å². The maximum atomic E-state index is 5.46. The summed E-state index contributed by atoms with van der Waals surface area (Å²) in [7, 11) is 1.64. The molecule has 0 aromatic heterocycles. The zero-order valence-electron chi connectivity index (χ0n) is 7.14. The molecule has 0 aromatic rings. The fourth-order valence-corrected chi connectivity index (χ4v) is 1.38. The van der Waals surface area contributed by atoms with E-state index in [0.29, 0.717) is 6.10 Å². The first-order chi connectivity index (χ1) is 5.43. The lowest BCUT2D eigenvalue weighted by atomic mass is 10.1. The Morgan fingerprint density at radius 1 is 1.64 bits per heavy atom. The first kappa shape index (κ1) is 8.97. The van der Waals surface area contributed by atoms with E-state index < -0.39 is 0 Å². The van der Waals surface area contributed by atoms with E-state index in [-0.39, 0.29) is 0 Å². The maximum absolute atomic E-state index is 5.46. The highest BCUT2D eigenvalue weighted by Crippen LogP contribution is 2.16. The fraction of sp³-hybridized carbons (Fsp3) is 1.00. The van der Waals surface area contributed by atoms with Crippen LogP contribution in [0.1, 0.15) is 25.7 Å². The molecule has 1 atom stereocenters. The Kier molecular flexibility index (Phi) is 4.50. The molecular weight excluding hydrogens is 142 g/mol. The summed E-state index contributed by atoms with van der Waals surface area (Å²) in [6, 6.07) is 0. The average molecular weight is 159 g/mol. The van der Waals surface area contributed by atoms with Gasteiger partial charge in [0.2, 0.25) is 0 Å². The predicted molar refractivity (Wildman–Crippen MR) is 43.2 cm³/mol. The van der Waals surface area contributed by atoms with Crippen LogP contribution in [0.15, 0.2) is 0 Å². The van der Waals surface area contributed by atoms with Gasteiger partial charge >= 0.3 is 0 Å². The van der Waals surface area contributed by atoms with Gasteiger partial charge in [-0.05, 0) is 25.7 Å². The van der Waals surface area contributed by atoms with Crippen LogP contribution in [0, 0.1) is 0 Å². The van der Waals surface area contributed by atoms with Gasteiger partial charge in [-0.15, -0.1) is 0 Å². The molecule has 66 valence electrons. The Labute approximate surface area is 68.0 Å². The van der Waals surface area contributed by atoms with Gasteiger partial charge in [0.15, 0.2) is 0 Å². The van der Waals surface area contributed by atoms with Gasteiger partial charge in [0, 0.05) is 13.2 Å². The van der Waals surface area contributed by atoms with Crippen LogP contribution in [0.25, 0.3) is 0 Å². The summed E-state index contributed by atoms with van der Waals surface area (Å²) in [5, 5.41) is 0. The first-order valence-electron chi connectivity index (χ1n) is 4.31. The van der Waals surface area contributed by atoms with E-state index >= 15 is 0 Å². The van der Waals surface area contributed by atoms with Crippen molar-refractivity contribution in [3.63, 3.8) is 0 Å². The molecule has 0 spiro atoms. The second-order valence-corrected chi connectivity index (χ2v) is 2.88. The Morgan fingerprint density at radius 3 is 3.18 bits per heavy atom. The Morgan fingerprint density at radius 2 is 2.55 bits per heavy atom. The van der Waals surface area contributed by atoms with Crippen LogP contribution in [0.2, 0.25) is 0 Å². The molecule has 1 rings (SSSR count). The number of hydrogen-bond donors (Lipinski definition) is 1. The van der Waals surface area contributed by atoms with E-state index in [1.54, 1.807) is 7.11 Å². The maximum Gasteiger partial charge on any atom is 0.0576 e. The minimum absolute atomic E-state index is 0.522. The van der Waals surface area contributed by atoms with Crippen molar-refractivity contribution in [3.8, 4) is 0 Å². The van der Waals surface area contributed by atoms with Crippen molar-refractivity contribution in [2.45, 2.75) is 31.8 Å². The number of ether oxygens (including phenoxy) is 1. The molecule has 0 amide bonds. The van der Waals surface area contributed by atoms with E-state index in [4.69, 9.17) is 9.57 Å². The molecule has 1 unspecified atom stereocenters. The monoisotopic (exact) mass is 159 g/mol. The molecule has 1 aliphatic heterocycles. The van der Waals surface area contributed by atoms with Crippen molar-refractivity contribution >= 4 is 0 Å². The molecule has 11 heavy (non-hydrogen) atoms. The van der Waals surface area contributed by atoms with Crippen molar-refractivity contribution in [3.05, 3.63) is 0 Å². The second-order valence-electron chi connectivity index (χ2n) is 2.88. The topological polar surface area (TPSA) is 30.5 Å². The van der Waals surface area contributed by atoms with Crippen LogP contribution in [-0.4, -0.2) is 26.4 Å². The molecule has 1 fully saturated rings. The average Bonchev–Trinajstić information content (AvgIpc) is 2.50. The van der Waals surface area contributed by atoms with Crippen molar-refractivity contribution in [2.24, 2.45) is 0 Å². The summed E-state index contributed by atoms with van der Waals surface area (Å²) in [4.78, 5) is 4.72. The van der Waals surface area contributed by atoms with E-state index in [9.17, 15) is 0 Å². The third kappa shape index (κ3) is 3.70. The van der Waals surface area contributed by atoms with Gasteiger partial charge in [-0.1, -0.05) is 0 Å². The number of hydroxylamine groups is 1. The minimum atomic E-state index is 0.522. The summed E-state index contributed by atoms with van der Waals surface area (Å²) in [6.45, 7) is 1.89. The van der Waals surface area contributed by atoms with Crippen molar-refractivity contribution < 1.29 is 9.57 Å². The van der Waals surface area contributed by atoms with Gasteiger partial charge < -0.3 is 9.57 Å². The molecule has 0 bridgehead atoms. The molecule has 1 N–H and O–H groups in total. The zero-order chi connectivity index (χ0) is 7.94. The molecular formula is C8H17NO2. The van der Waals surface area contributed by atoms with Gasteiger partial charge in [0.1, 0.15) is 0 Å². The highest BCUT2D eigenvalue weighted by Gasteiger charge is 2.13. The quantitative estimate of drug-likeness (QED) is 0.481. The van der Waals surface area contributed by atoms with Crippen LogP contribution in [0.4, 0.5) is 0 Å². The van der Waals surface area contributed by atoms with Gasteiger partial charge in [-0.3, -0.25) is 0 Å². The third-order valence-corrected chi connectivity index (χ3v) is 1.97. The van der Waals surface area contributed by atoms with Crippen LogP contribution in [-0.2, 0) is 9.57 Å². The standard InChI is InChI=1S/C8H17NO2/c1-10-9-6-2-4-8-5-3-7-11-8/h8-9H,2-7H2,1H3. The highest BCUT2D eigenvalue weighted by atomic mass is 16.6. The Bertz CT molecular complexity index is 92.1. The van der Waals surface area contributed by atoms with E-state index in [2.05, 4.69) is 5.48 Å². The van der Waals surface area contributed by atoms with Crippen LogP contribution in [0.5, 0.6) is 0 Å². The smallest absolute Gasteiger partial charge is 0.0576 e. The normalized spacial score (nSPS) is 24.3. The molecule has 0 radical (unpaired) electrons. The molecule has 0 aromatic carbocycles. The highest BCUT2D eigenvalue weighted by molar-refractivity contribution is 4.64. The van der Waals surface area contributed by atoms with Crippen LogP contribution in [0.3, 0.4) is 0 Å².